The van der Waals surface area contributed by atoms with E-state index in [1.807, 2.05) is 6.92 Å². The van der Waals surface area contributed by atoms with Gasteiger partial charge in [0.05, 0.1) is 17.5 Å². The van der Waals surface area contributed by atoms with E-state index >= 15 is 0 Å². The number of aromatic amines is 1. The number of carbonyl (C=O) groups is 1. The van der Waals surface area contributed by atoms with Crippen LogP contribution in [0.2, 0.25) is 0 Å². The second-order valence-corrected chi connectivity index (χ2v) is 6.18. The van der Waals surface area contributed by atoms with Gasteiger partial charge in [0, 0.05) is 12.1 Å². The summed E-state index contributed by atoms with van der Waals surface area (Å²) in [7, 11) is 0. The normalized spacial score (nSPS) is 12.4. The zero-order chi connectivity index (χ0) is 17.0. The van der Waals surface area contributed by atoms with E-state index in [2.05, 4.69) is 34.5 Å². The Morgan fingerprint density at radius 1 is 1.30 bits per heavy atom. The number of rotatable bonds is 6. The third-order valence-corrected chi connectivity index (χ3v) is 3.69. The van der Waals surface area contributed by atoms with E-state index in [1.165, 1.54) is 16.9 Å². The van der Waals surface area contributed by atoms with Crippen molar-refractivity contribution < 1.29 is 4.79 Å². The predicted molar refractivity (Wildman–Crippen MR) is 87.7 cm³/mol. The average Bonchev–Trinajstić information content (AvgIpc) is 2.88. The monoisotopic (exact) mass is 317 g/mol. The van der Waals surface area contributed by atoms with Gasteiger partial charge in [0.1, 0.15) is 0 Å². The van der Waals surface area contributed by atoms with Gasteiger partial charge in [-0.05, 0) is 38.7 Å². The van der Waals surface area contributed by atoms with Gasteiger partial charge >= 0.3 is 0 Å². The Labute approximate surface area is 135 Å². The van der Waals surface area contributed by atoms with Crippen LogP contribution >= 0.6 is 0 Å². The van der Waals surface area contributed by atoms with Gasteiger partial charge in [-0.3, -0.25) is 9.59 Å². The highest BCUT2D eigenvalue weighted by Crippen LogP contribution is 2.12. The van der Waals surface area contributed by atoms with Crippen molar-refractivity contribution in [2.75, 3.05) is 0 Å². The maximum atomic E-state index is 12.4. The van der Waals surface area contributed by atoms with Gasteiger partial charge in [0.25, 0.3) is 11.5 Å². The number of H-pyrrole nitrogens is 1. The van der Waals surface area contributed by atoms with Crippen molar-refractivity contribution in [1.29, 1.82) is 0 Å². The van der Waals surface area contributed by atoms with Gasteiger partial charge in [-0.25, -0.2) is 9.78 Å². The summed E-state index contributed by atoms with van der Waals surface area (Å²) in [5.41, 5.74) is 0.906. The summed E-state index contributed by atoms with van der Waals surface area (Å²) < 4.78 is 1.53. The Hall–Kier alpha value is -2.44. The molecule has 0 saturated heterocycles. The van der Waals surface area contributed by atoms with Crippen molar-refractivity contribution in [3.8, 4) is 5.82 Å². The molecular weight excluding hydrogens is 294 g/mol. The zero-order valence-corrected chi connectivity index (χ0v) is 14.0. The first-order valence-electron chi connectivity index (χ1n) is 7.80. The molecule has 1 unspecified atom stereocenters. The number of nitrogens with one attached hydrogen (secondary N) is 2. The second-order valence-electron chi connectivity index (χ2n) is 6.18. The molecule has 0 saturated carbocycles. The van der Waals surface area contributed by atoms with Gasteiger partial charge in [-0.2, -0.15) is 10.2 Å². The Morgan fingerprint density at radius 3 is 2.65 bits per heavy atom. The lowest BCUT2D eigenvalue weighted by atomic mass is 10.0. The van der Waals surface area contributed by atoms with Crippen LogP contribution < -0.4 is 10.9 Å². The molecule has 2 heterocycles. The molecule has 0 spiro atoms. The topological polar surface area (TPSA) is 92.7 Å². The van der Waals surface area contributed by atoms with Crippen LogP contribution in [0.5, 0.6) is 0 Å². The molecule has 2 N–H and O–H groups in total. The lowest BCUT2D eigenvalue weighted by Crippen LogP contribution is -2.33. The molecule has 0 bridgehead atoms. The molecule has 0 aliphatic carbocycles. The highest BCUT2D eigenvalue weighted by molar-refractivity contribution is 5.95. The molecule has 2 aromatic heterocycles. The lowest BCUT2D eigenvalue weighted by molar-refractivity contribution is 0.0936. The van der Waals surface area contributed by atoms with Gasteiger partial charge in [0.15, 0.2) is 5.82 Å². The number of hydrogen-bond acceptors (Lipinski definition) is 4. The molecule has 0 aliphatic rings. The van der Waals surface area contributed by atoms with Crippen LogP contribution in [0.4, 0.5) is 0 Å². The molecule has 0 aliphatic heterocycles. The van der Waals surface area contributed by atoms with Crippen LogP contribution in [0, 0.1) is 12.8 Å². The molecular formula is C16H23N5O2. The summed E-state index contributed by atoms with van der Waals surface area (Å²) in [6.07, 6.45) is 3.53. The second kappa shape index (κ2) is 7.21. The number of hydrogen-bond donors (Lipinski definition) is 2. The Morgan fingerprint density at radius 2 is 2.04 bits per heavy atom. The van der Waals surface area contributed by atoms with Crippen molar-refractivity contribution in [1.82, 2.24) is 25.3 Å². The number of nitrogens with zero attached hydrogens (tertiary/aromatic N) is 3. The van der Waals surface area contributed by atoms with Crippen LogP contribution in [0.1, 0.15) is 49.7 Å². The van der Waals surface area contributed by atoms with E-state index in [0.717, 1.165) is 12.8 Å². The van der Waals surface area contributed by atoms with Crippen LogP contribution in [0.15, 0.2) is 23.1 Å². The van der Waals surface area contributed by atoms with Crippen molar-refractivity contribution >= 4 is 5.91 Å². The zero-order valence-electron chi connectivity index (χ0n) is 14.0. The lowest BCUT2D eigenvalue weighted by Gasteiger charge is -2.14. The first-order valence-corrected chi connectivity index (χ1v) is 7.80. The smallest absolute Gasteiger partial charge is 0.264 e. The molecule has 1 atom stereocenters. The third kappa shape index (κ3) is 4.28. The van der Waals surface area contributed by atoms with E-state index < -0.39 is 0 Å². The van der Waals surface area contributed by atoms with Crippen LogP contribution in [-0.4, -0.2) is 31.9 Å². The molecule has 0 aromatic carbocycles. The summed E-state index contributed by atoms with van der Waals surface area (Å²) in [5.74, 6) is 0.939. The van der Waals surface area contributed by atoms with Crippen molar-refractivity contribution in [3.05, 3.63) is 39.9 Å². The molecule has 1 amide bonds. The van der Waals surface area contributed by atoms with Gasteiger partial charge in [-0.1, -0.05) is 13.8 Å². The van der Waals surface area contributed by atoms with Crippen LogP contribution in [0.3, 0.4) is 0 Å². The number of aromatic nitrogens is 4. The van der Waals surface area contributed by atoms with Gasteiger partial charge < -0.3 is 5.32 Å². The summed E-state index contributed by atoms with van der Waals surface area (Å²) in [6, 6.07) is 3.04. The summed E-state index contributed by atoms with van der Waals surface area (Å²) >= 11 is 0. The first-order chi connectivity index (χ1) is 10.9. The highest BCUT2D eigenvalue weighted by Gasteiger charge is 2.17. The van der Waals surface area contributed by atoms with Crippen molar-refractivity contribution in [2.24, 2.45) is 5.92 Å². The van der Waals surface area contributed by atoms with Crippen molar-refractivity contribution in [2.45, 2.75) is 46.6 Å². The average molecular weight is 317 g/mol. The quantitative estimate of drug-likeness (QED) is 0.850. The maximum absolute atomic E-state index is 12.4. The standard InChI is InChI=1S/C16H23N5O2/c1-10(2)5-6-11(3)18-16(23)13-9-17-21(12(13)4)14-7-8-15(22)20-19-14/h7-11H,5-6H2,1-4H3,(H,18,23)(H,20,22). The van der Waals surface area contributed by atoms with E-state index in [-0.39, 0.29) is 17.5 Å². The van der Waals surface area contributed by atoms with Crippen molar-refractivity contribution in [3.63, 3.8) is 0 Å². The SMILES string of the molecule is Cc1c(C(=O)NC(C)CCC(C)C)cnn1-c1ccc(=O)[nH]n1. The summed E-state index contributed by atoms with van der Waals surface area (Å²) in [5, 5.41) is 13.5. The molecule has 7 nitrogen and oxygen atoms in total. The Kier molecular flexibility index (Phi) is 5.31. The fourth-order valence-electron chi connectivity index (χ4n) is 2.28. The largest absolute Gasteiger partial charge is 0.349 e. The summed E-state index contributed by atoms with van der Waals surface area (Å²) in [6.45, 7) is 8.14. The van der Waals surface area contributed by atoms with Gasteiger partial charge in [0.2, 0.25) is 0 Å². The fourth-order valence-corrected chi connectivity index (χ4v) is 2.28. The molecule has 2 rings (SSSR count). The van der Waals surface area contributed by atoms with Gasteiger partial charge in [-0.15, -0.1) is 0 Å². The minimum atomic E-state index is -0.282. The van der Waals surface area contributed by atoms with E-state index in [0.29, 0.717) is 23.0 Å². The molecule has 7 heteroatoms. The number of carbonyl (C=O) groups excluding carboxylic acids is 1. The Bertz CT molecular complexity index is 712. The summed E-state index contributed by atoms with van der Waals surface area (Å²) in [4.78, 5) is 23.4. The molecule has 124 valence electrons. The molecule has 23 heavy (non-hydrogen) atoms. The number of amides is 1. The van der Waals surface area contributed by atoms with E-state index in [9.17, 15) is 9.59 Å². The van der Waals surface area contributed by atoms with Crippen LogP contribution in [-0.2, 0) is 0 Å². The Balaban J connectivity index is 2.10. The minimum Gasteiger partial charge on any atom is -0.349 e. The molecule has 2 aromatic rings. The predicted octanol–water partition coefficient (Wildman–Crippen LogP) is 1.82. The highest BCUT2D eigenvalue weighted by atomic mass is 16.1. The first kappa shape index (κ1) is 16.9. The van der Waals surface area contributed by atoms with Crippen LogP contribution in [0.25, 0.3) is 5.82 Å². The van der Waals surface area contributed by atoms with E-state index in [4.69, 9.17) is 0 Å². The molecule has 0 fully saturated rings. The maximum Gasteiger partial charge on any atom is 0.264 e. The third-order valence-electron chi connectivity index (χ3n) is 3.69. The fraction of sp³-hybridized carbons (Fsp3) is 0.500. The van der Waals surface area contributed by atoms with E-state index in [1.54, 1.807) is 13.0 Å². The minimum absolute atomic E-state index is 0.110. The molecule has 0 radical (unpaired) electrons.